The average molecular weight is 416 g/mol. The van der Waals surface area contributed by atoms with E-state index >= 15 is 0 Å². The van der Waals surface area contributed by atoms with Gasteiger partial charge >= 0.3 is 6.18 Å². The fourth-order valence-corrected chi connectivity index (χ4v) is 3.46. The van der Waals surface area contributed by atoms with E-state index in [1.54, 1.807) is 17.0 Å². The molecule has 0 radical (unpaired) electrons. The molecule has 1 aliphatic rings. The van der Waals surface area contributed by atoms with Crippen LogP contribution in [0.5, 0.6) is 0 Å². The predicted octanol–water partition coefficient (Wildman–Crippen LogP) is 4.61. The van der Waals surface area contributed by atoms with Gasteiger partial charge in [0, 0.05) is 32.4 Å². The third-order valence-electron chi connectivity index (χ3n) is 4.48. The van der Waals surface area contributed by atoms with Gasteiger partial charge in [0.1, 0.15) is 5.82 Å². The Hall–Kier alpha value is -2.19. The SMILES string of the molecule is FC(F)(F)c1cccnc1N1CCN(c2nc3cc(Cl)c(Cl)cc3[nH]2)CC1. The molecule has 1 aliphatic heterocycles. The molecule has 0 saturated carbocycles. The van der Waals surface area contributed by atoms with Gasteiger partial charge in [-0.15, -0.1) is 0 Å². The van der Waals surface area contributed by atoms with Gasteiger partial charge in [-0.25, -0.2) is 9.97 Å². The zero-order chi connectivity index (χ0) is 19.2. The number of nitrogens with one attached hydrogen (secondary N) is 1. The zero-order valence-electron chi connectivity index (χ0n) is 13.9. The summed E-state index contributed by atoms with van der Waals surface area (Å²) in [6.07, 6.45) is -3.05. The van der Waals surface area contributed by atoms with Gasteiger partial charge in [-0.3, -0.25) is 0 Å². The topological polar surface area (TPSA) is 48.1 Å². The van der Waals surface area contributed by atoms with Crippen LogP contribution in [0.4, 0.5) is 24.9 Å². The minimum absolute atomic E-state index is 0.0344. The number of hydrogen-bond acceptors (Lipinski definition) is 4. The van der Waals surface area contributed by atoms with Gasteiger partial charge in [-0.05, 0) is 24.3 Å². The fraction of sp³-hybridized carbons (Fsp3) is 0.294. The van der Waals surface area contributed by atoms with Crippen molar-refractivity contribution in [2.24, 2.45) is 0 Å². The van der Waals surface area contributed by atoms with Gasteiger partial charge in [0.05, 0.1) is 26.6 Å². The molecule has 0 amide bonds. The van der Waals surface area contributed by atoms with Crippen LogP contribution in [0.25, 0.3) is 11.0 Å². The first-order valence-electron chi connectivity index (χ1n) is 8.20. The maximum Gasteiger partial charge on any atom is 0.419 e. The van der Waals surface area contributed by atoms with E-state index in [-0.39, 0.29) is 5.82 Å². The molecule has 27 heavy (non-hydrogen) atoms. The van der Waals surface area contributed by atoms with Crippen molar-refractivity contribution in [1.82, 2.24) is 15.0 Å². The number of fused-ring (bicyclic) bond motifs is 1. The number of halogens is 5. The summed E-state index contributed by atoms with van der Waals surface area (Å²) in [4.78, 5) is 15.3. The van der Waals surface area contributed by atoms with Crippen LogP contribution in [0.1, 0.15) is 5.56 Å². The number of rotatable bonds is 2. The molecule has 0 unspecified atom stereocenters. The van der Waals surface area contributed by atoms with Gasteiger partial charge < -0.3 is 14.8 Å². The summed E-state index contributed by atoms with van der Waals surface area (Å²) < 4.78 is 39.6. The number of benzene rings is 1. The second kappa shape index (κ2) is 6.76. The molecule has 1 saturated heterocycles. The lowest BCUT2D eigenvalue weighted by atomic mass is 10.2. The van der Waals surface area contributed by atoms with Crippen molar-refractivity contribution in [1.29, 1.82) is 0 Å². The molecule has 0 spiro atoms. The monoisotopic (exact) mass is 415 g/mol. The Labute approximate surface area is 162 Å². The molecule has 3 heterocycles. The second-order valence-electron chi connectivity index (χ2n) is 6.19. The van der Waals surface area contributed by atoms with Gasteiger partial charge in [-0.2, -0.15) is 13.2 Å². The minimum Gasteiger partial charge on any atom is -0.353 e. The van der Waals surface area contributed by atoms with Crippen LogP contribution in [-0.2, 0) is 6.18 Å². The molecular formula is C17H14Cl2F3N5. The summed E-state index contributed by atoms with van der Waals surface area (Å²) in [5, 5.41) is 0.848. The number of H-pyrrole nitrogens is 1. The molecule has 4 rings (SSSR count). The maximum atomic E-state index is 13.2. The van der Waals surface area contributed by atoms with E-state index < -0.39 is 11.7 Å². The number of piperazine rings is 1. The lowest BCUT2D eigenvalue weighted by Gasteiger charge is -2.36. The molecule has 1 N–H and O–H groups in total. The first-order valence-corrected chi connectivity index (χ1v) is 8.95. The molecule has 1 fully saturated rings. The van der Waals surface area contributed by atoms with Crippen LogP contribution >= 0.6 is 23.2 Å². The van der Waals surface area contributed by atoms with E-state index in [1.807, 2.05) is 4.90 Å². The van der Waals surface area contributed by atoms with Crippen LogP contribution in [-0.4, -0.2) is 41.1 Å². The van der Waals surface area contributed by atoms with Crippen LogP contribution < -0.4 is 9.80 Å². The zero-order valence-corrected chi connectivity index (χ0v) is 15.4. The Morgan fingerprint density at radius 2 is 1.67 bits per heavy atom. The number of alkyl halides is 3. The predicted molar refractivity (Wildman–Crippen MR) is 99.8 cm³/mol. The van der Waals surface area contributed by atoms with Crippen molar-refractivity contribution in [2.75, 3.05) is 36.0 Å². The molecular weight excluding hydrogens is 402 g/mol. The molecule has 5 nitrogen and oxygen atoms in total. The Balaban J connectivity index is 1.53. The molecule has 2 aromatic heterocycles. The Morgan fingerprint density at radius 1 is 1.00 bits per heavy atom. The standard InChI is InChI=1S/C17H14Cl2F3N5/c18-11-8-13-14(9-12(11)19)25-16(24-13)27-6-4-26(5-7-27)15-10(17(20,21)22)2-1-3-23-15/h1-3,8-9H,4-7H2,(H,24,25). The summed E-state index contributed by atoms with van der Waals surface area (Å²) >= 11 is 12.0. The van der Waals surface area contributed by atoms with Crippen molar-refractivity contribution < 1.29 is 13.2 Å². The number of hydrogen-bond donors (Lipinski definition) is 1. The van der Waals surface area contributed by atoms with Crippen LogP contribution in [0, 0.1) is 0 Å². The van der Waals surface area contributed by atoms with Crippen molar-refractivity contribution in [3.8, 4) is 0 Å². The van der Waals surface area contributed by atoms with Gasteiger partial charge in [0.15, 0.2) is 0 Å². The van der Waals surface area contributed by atoms with Crippen molar-refractivity contribution in [2.45, 2.75) is 6.18 Å². The lowest BCUT2D eigenvalue weighted by Crippen LogP contribution is -2.47. The third kappa shape index (κ3) is 3.51. The molecule has 0 bridgehead atoms. The maximum absolute atomic E-state index is 13.2. The van der Waals surface area contributed by atoms with Gasteiger partial charge in [0.25, 0.3) is 0 Å². The smallest absolute Gasteiger partial charge is 0.353 e. The van der Waals surface area contributed by atoms with E-state index in [0.29, 0.717) is 47.7 Å². The van der Waals surface area contributed by atoms with Crippen molar-refractivity contribution >= 4 is 46.0 Å². The number of nitrogens with zero attached hydrogens (tertiary/aromatic N) is 4. The first kappa shape index (κ1) is 18.2. The fourth-order valence-electron chi connectivity index (χ4n) is 3.14. The Morgan fingerprint density at radius 3 is 2.37 bits per heavy atom. The van der Waals surface area contributed by atoms with Crippen molar-refractivity contribution in [3.05, 3.63) is 46.1 Å². The number of aromatic nitrogens is 3. The third-order valence-corrected chi connectivity index (χ3v) is 5.20. The second-order valence-corrected chi connectivity index (χ2v) is 7.00. The quantitative estimate of drug-likeness (QED) is 0.663. The van der Waals surface area contributed by atoms with E-state index in [9.17, 15) is 13.2 Å². The van der Waals surface area contributed by atoms with E-state index in [4.69, 9.17) is 23.2 Å². The van der Waals surface area contributed by atoms with E-state index in [0.717, 1.165) is 11.6 Å². The van der Waals surface area contributed by atoms with Gasteiger partial charge in [0.2, 0.25) is 5.95 Å². The lowest BCUT2D eigenvalue weighted by molar-refractivity contribution is -0.137. The summed E-state index contributed by atoms with van der Waals surface area (Å²) in [6, 6.07) is 5.74. The van der Waals surface area contributed by atoms with Crippen LogP contribution in [0.2, 0.25) is 10.0 Å². The average Bonchev–Trinajstić information content (AvgIpc) is 3.04. The molecule has 0 atom stereocenters. The van der Waals surface area contributed by atoms with E-state index in [1.165, 1.54) is 12.3 Å². The van der Waals surface area contributed by atoms with E-state index in [2.05, 4.69) is 15.0 Å². The minimum atomic E-state index is -4.43. The molecule has 142 valence electrons. The highest BCUT2D eigenvalue weighted by atomic mass is 35.5. The van der Waals surface area contributed by atoms with Crippen LogP contribution in [0.3, 0.4) is 0 Å². The number of anilines is 2. The first-order chi connectivity index (χ1) is 12.8. The Bertz CT molecular complexity index is 941. The summed E-state index contributed by atoms with van der Waals surface area (Å²) in [5.41, 5.74) is 0.725. The highest BCUT2D eigenvalue weighted by Crippen LogP contribution is 2.35. The van der Waals surface area contributed by atoms with Gasteiger partial charge in [-0.1, -0.05) is 23.2 Å². The molecule has 1 aromatic carbocycles. The summed E-state index contributed by atoms with van der Waals surface area (Å²) in [5.74, 6) is 0.605. The Kier molecular flexibility index (Phi) is 4.55. The molecule has 0 aliphatic carbocycles. The highest BCUT2D eigenvalue weighted by Gasteiger charge is 2.36. The van der Waals surface area contributed by atoms with Crippen molar-refractivity contribution in [3.63, 3.8) is 0 Å². The summed E-state index contributed by atoms with van der Waals surface area (Å²) in [6.45, 7) is 1.82. The molecule has 3 aromatic rings. The summed E-state index contributed by atoms with van der Waals surface area (Å²) in [7, 11) is 0. The molecule has 10 heteroatoms. The van der Waals surface area contributed by atoms with Crippen LogP contribution in [0.15, 0.2) is 30.5 Å². The largest absolute Gasteiger partial charge is 0.419 e. The number of aromatic amines is 1. The number of pyridine rings is 1. The highest BCUT2D eigenvalue weighted by molar-refractivity contribution is 6.42. The number of imidazole rings is 1. The normalized spacial score (nSPS) is 15.6.